The van der Waals surface area contributed by atoms with Gasteiger partial charge in [0, 0.05) is 55.1 Å². The number of fused-ring (bicyclic) bond motifs is 1. The molecule has 0 radical (unpaired) electrons. The predicted octanol–water partition coefficient (Wildman–Crippen LogP) is 2.06. The van der Waals surface area contributed by atoms with E-state index in [1.54, 1.807) is 48.1 Å². The van der Waals surface area contributed by atoms with Crippen LogP contribution in [0.25, 0.3) is 0 Å². The number of hydrogen-bond acceptors (Lipinski definition) is 9. The topological polar surface area (TPSA) is 184 Å². The molecule has 13 heteroatoms. The second kappa shape index (κ2) is 12.4. The van der Waals surface area contributed by atoms with Crippen LogP contribution < -0.4 is 10.2 Å². The first-order valence-corrected chi connectivity index (χ1v) is 13.1. The third-order valence-electron chi connectivity index (χ3n) is 6.97. The lowest BCUT2D eigenvalue weighted by Gasteiger charge is -2.27. The predicted molar refractivity (Wildman–Crippen MR) is 149 cm³/mol. The number of aryl methyl sites for hydroxylation is 1. The van der Waals surface area contributed by atoms with Gasteiger partial charge in [-0.2, -0.15) is 0 Å². The van der Waals surface area contributed by atoms with Crippen LogP contribution in [0.3, 0.4) is 0 Å². The van der Waals surface area contributed by atoms with Gasteiger partial charge in [0.05, 0.1) is 22.8 Å². The number of nitro benzene ring substituents is 1. The smallest absolute Gasteiger partial charge is 0.269 e. The number of hydrogen-bond donors (Lipinski definition) is 4. The van der Waals surface area contributed by atoms with Gasteiger partial charge in [-0.05, 0) is 37.1 Å². The van der Waals surface area contributed by atoms with Crippen molar-refractivity contribution in [2.75, 3.05) is 16.8 Å². The molecule has 0 unspecified atom stereocenters. The van der Waals surface area contributed by atoms with Crippen LogP contribution in [-0.4, -0.2) is 59.8 Å². The van der Waals surface area contributed by atoms with Crippen LogP contribution in [0.2, 0.25) is 0 Å². The lowest BCUT2D eigenvalue weighted by molar-refractivity contribution is -0.385. The standard InChI is InChI=1S/C28H32N6O7/c1-18(5-3-4-13-32-17-22(12-14-35)30-31-32)28(39)24-15-23(34(40)41)10-11-25(24)33(27(28)38)16-20-6-8-21(9-7-20)29-26(37)19(2)36/h3,5-11,15,17-19,35-36,39H,4,12-14,16H2,1-2H3,(H,29,37)/b5-3+/t18-,19-,28+/m0/s1. The second-order valence-corrected chi connectivity index (χ2v) is 9.93. The number of amides is 2. The van der Waals surface area contributed by atoms with E-state index in [4.69, 9.17) is 5.11 Å². The molecule has 0 saturated carbocycles. The summed E-state index contributed by atoms with van der Waals surface area (Å²) in [6.45, 7) is 3.58. The van der Waals surface area contributed by atoms with E-state index >= 15 is 0 Å². The highest BCUT2D eigenvalue weighted by molar-refractivity contribution is 6.07. The number of nitrogens with one attached hydrogen (secondary N) is 1. The Morgan fingerprint density at radius 1 is 1.22 bits per heavy atom. The number of nitrogens with zero attached hydrogens (tertiary/aromatic N) is 5. The van der Waals surface area contributed by atoms with Crippen molar-refractivity contribution in [1.29, 1.82) is 0 Å². The molecule has 13 nitrogen and oxygen atoms in total. The van der Waals surface area contributed by atoms with Gasteiger partial charge < -0.3 is 25.5 Å². The number of benzene rings is 2. The molecule has 0 aliphatic carbocycles. The summed E-state index contributed by atoms with van der Waals surface area (Å²) in [7, 11) is 0. The van der Waals surface area contributed by atoms with E-state index in [1.165, 1.54) is 30.0 Å². The number of carbonyl (C=O) groups is 2. The first kappa shape index (κ1) is 29.5. The summed E-state index contributed by atoms with van der Waals surface area (Å²) in [6.07, 6.45) is 5.02. The SMILES string of the molecule is C[C@H](O)C(=O)Nc1ccc(CN2C(=O)[C@@](O)([C@@H](C)/C=C/CCn3cc(CCO)nn3)c3cc([N+](=O)[O-])ccc32)cc1. The van der Waals surface area contributed by atoms with Crippen LogP contribution >= 0.6 is 0 Å². The molecule has 2 aromatic carbocycles. The van der Waals surface area contributed by atoms with Crippen LogP contribution in [-0.2, 0) is 34.7 Å². The van der Waals surface area contributed by atoms with Crippen molar-refractivity contribution >= 4 is 28.9 Å². The molecule has 3 aromatic rings. The molecule has 41 heavy (non-hydrogen) atoms. The highest BCUT2D eigenvalue weighted by Crippen LogP contribution is 2.47. The number of allylic oxidation sites excluding steroid dienone is 1. The molecule has 0 bridgehead atoms. The Balaban J connectivity index is 1.54. The molecule has 1 aliphatic heterocycles. The molecule has 1 aliphatic rings. The Bertz CT molecular complexity index is 1450. The summed E-state index contributed by atoms with van der Waals surface area (Å²) >= 11 is 0. The summed E-state index contributed by atoms with van der Waals surface area (Å²) in [6, 6.07) is 10.7. The van der Waals surface area contributed by atoms with Gasteiger partial charge in [0.15, 0.2) is 5.60 Å². The van der Waals surface area contributed by atoms with Gasteiger partial charge in [-0.1, -0.05) is 36.4 Å². The lowest BCUT2D eigenvalue weighted by atomic mass is 9.82. The van der Waals surface area contributed by atoms with E-state index in [2.05, 4.69) is 15.6 Å². The van der Waals surface area contributed by atoms with Crippen LogP contribution in [0.4, 0.5) is 17.1 Å². The van der Waals surface area contributed by atoms with E-state index in [1.807, 2.05) is 6.08 Å². The maximum Gasteiger partial charge on any atom is 0.269 e. The summed E-state index contributed by atoms with van der Waals surface area (Å²) < 4.78 is 1.64. The van der Waals surface area contributed by atoms with Gasteiger partial charge in [-0.25, -0.2) is 0 Å². The van der Waals surface area contributed by atoms with Gasteiger partial charge in [0.25, 0.3) is 17.5 Å². The lowest BCUT2D eigenvalue weighted by Crippen LogP contribution is -2.44. The minimum Gasteiger partial charge on any atom is -0.396 e. The average Bonchev–Trinajstić information content (AvgIpc) is 3.48. The van der Waals surface area contributed by atoms with Crippen LogP contribution in [0.15, 0.2) is 60.8 Å². The van der Waals surface area contributed by atoms with Crippen LogP contribution in [0, 0.1) is 16.0 Å². The zero-order valence-corrected chi connectivity index (χ0v) is 22.7. The molecular formula is C28H32N6O7. The summed E-state index contributed by atoms with van der Waals surface area (Å²) in [5, 5.41) is 52.3. The molecule has 2 heterocycles. The summed E-state index contributed by atoms with van der Waals surface area (Å²) in [4.78, 5) is 37.8. The van der Waals surface area contributed by atoms with Crippen molar-refractivity contribution in [2.45, 2.75) is 51.5 Å². The number of aliphatic hydroxyl groups excluding tert-OH is 2. The van der Waals surface area contributed by atoms with E-state index < -0.39 is 34.4 Å². The normalized spacial score (nSPS) is 18.0. The number of anilines is 2. The Labute approximate surface area is 235 Å². The fourth-order valence-electron chi connectivity index (χ4n) is 4.65. The molecule has 2 amide bonds. The molecule has 216 valence electrons. The van der Waals surface area contributed by atoms with Crippen molar-refractivity contribution in [3.05, 3.63) is 87.7 Å². The largest absolute Gasteiger partial charge is 0.396 e. The third kappa shape index (κ3) is 6.32. The molecular weight excluding hydrogens is 532 g/mol. The second-order valence-electron chi connectivity index (χ2n) is 9.93. The molecule has 0 spiro atoms. The molecule has 1 aromatic heterocycles. The van der Waals surface area contributed by atoms with E-state index in [0.29, 0.717) is 42.0 Å². The van der Waals surface area contributed by atoms with E-state index in [0.717, 1.165) is 0 Å². The molecule has 4 N–H and O–H groups in total. The Hall–Kier alpha value is -4.46. The highest BCUT2D eigenvalue weighted by Gasteiger charge is 2.53. The van der Waals surface area contributed by atoms with E-state index in [9.17, 15) is 29.9 Å². The van der Waals surface area contributed by atoms with Gasteiger partial charge in [-0.15, -0.1) is 5.10 Å². The molecule has 4 rings (SSSR count). The third-order valence-corrected chi connectivity index (χ3v) is 6.97. The highest BCUT2D eigenvalue weighted by atomic mass is 16.6. The maximum atomic E-state index is 13.8. The minimum absolute atomic E-state index is 0.0210. The number of nitro groups is 1. The number of carbonyl (C=O) groups excluding carboxylic acids is 2. The number of aromatic nitrogens is 3. The van der Waals surface area contributed by atoms with Crippen molar-refractivity contribution in [3.8, 4) is 0 Å². The molecule has 0 fully saturated rings. The van der Waals surface area contributed by atoms with Crippen LogP contribution in [0.5, 0.6) is 0 Å². The Morgan fingerprint density at radius 3 is 2.61 bits per heavy atom. The number of non-ortho nitro benzene ring substituents is 1. The number of rotatable bonds is 12. The zero-order chi connectivity index (χ0) is 29.7. The fourth-order valence-corrected chi connectivity index (χ4v) is 4.65. The fraction of sp³-hybridized carbons (Fsp3) is 0.357. The average molecular weight is 565 g/mol. The monoisotopic (exact) mass is 564 g/mol. The van der Waals surface area contributed by atoms with Gasteiger partial charge in [0.1, 0.15) is 6.10 Å². The van der Waals surface area contributed by atoms with Gasteiger partial charge in [-0.3, -0.25) is 24.4 Å². The van der Waals surface area contributed by atoms with Crippen molar-refractivity contribution in [1.82, 2.24) is 15.0 Å². The van der Waals surface area contributed by atoms with Crippen molar-refractivity contribution < 1.29 is 29.8 Å². The van der Waals surface area contributed by atoms with Crippen LogP contribution in [0.1, 0.15) is 37.1 Å². The van der Waals surface area contributed by atoms with Gasteiger partial charge >= 0.3 is 0 Å². The first-order chi connectivity index (χ1) is 19.5. The first-order valence-electron chi connectivity index (χ1n) is 13.1. The van der Waals surface area contributed by atoms with Gasteiger partial charge in [0.2, 0.25) is 0 Å². The minimum atomic E-state index is -2.04. The summed E-state index contributed by atoms with van der Waals surface area (Å²) in [5.41, 5.74) is 0.0790. The zero-order valence-electron chi connectivity index (χ0n) is 22.7. The number of aliphatic hydroxyl groups is 3. The van der Waals surface area contributed by atoms with Crippen molar-refractivity contribution in [2.24, 2.45) is 5.92 Å². The maximum absolute atomic E-state index is 13.8. The molecule has 3 atom stereocenters. The summed E-state index contributed by atoms with van der Waals surface area (Å²) in [5.74, 6) is -1.89. The van der Waals surface area contributed by atoms with Crippen molar-refractivity contribution in [3.63, 3.8) is 0 Å². The quantitative estimate of drug-likeness (QED) is 0.145. The Morgan fingerprint density at radius 2 is 1.95 bits per heavy atom. The molecule has 0 saturated heterocycles. The Kier molecular flexibility index (Phi) is 8.91. The van der Waals surface area contributed by atoms with E-state index in [-0.39, 0.29) is 24.4 Å².